The average molecular weight is 140 g/mol. The number of ether oxygens (including phenoxy) is 1. The van der Waals surface area contributed by atoms with Crippen LogP contribution >= 0.6 is 0 Å². The third-order valence-electron chi connectivity index (χ3n) is 0.671. The van der Waals surface area contributed by atoms with E-state index in [1.54, 1.807) is 6.92 Å². The Balaban J connectivity index is 3.79. The maximum absolute atomic E-state index is 10.4. The number of hydrogen-bond acceptors (Lipinski definition) is 3. The van der Waals surface area contributed by atoms with Gasteiger partial charge in [0.25, 0.3) is 0 Å². The predicted molar refractivity (Wildman–Crippen MR) is 36.1 cm³/mol. The van der Waals surface area contributed by atoms with Crippen molar-refractivity contribution < 1.29 is 14.3 Å². The molecule has 0 aliphatic carbocycles. The molecule has 0 aliphatic rings. The van der Waals surface area contributed by atoms with Crippen molar-refractivity contribution in [2.24, 2.45) is 0 Å². The van der Waals surface area contributed by atoms with Gasteiger partial charge in [-0.3, -0.25) is 0 Å². The zero-order valence-electron chi connectivity index (χ0n) is 5.66. The van der Waals surface area contributed by atoms with Gasteiger partial charge in [-0.05, 0) is 6.92 Å². The van der Waals surface area contributed by atoms with Gasteiger partial charge < -0.3 is 4.74 Å². The van der Waals surface area contributed by atoms with Crippen LogP contribution in [0.1, 0.15) is 6.92 Å². The first-order valence-corrected chi connectivity index (χ1v) is 2.71. The van der Waals surface area contributed by atoms with Crippen molar-refractivity contribution in [3.63, 3.8) is 0 Å². The van der Waals surface area contributed by atoms with Crippen LogP contribution in [0.5, 0.6) is 0 Å². The maximum Gasteiger partial charge on any atom is 0.338 e. The molecule has 0 amide bonds. The van der Waals surface area contributed by atoms with Crippen LogP contribution in [-0.2, 0) is 14.3 Å². The third kappa shape index (κ3) is 3.60. The van der Waals surface area contributed by atoms with Crippen LogP contribution < -0.4 is 0 Å². The highest BCUT2D eigenvalue weighted by Crippen LogP contribution is 1.83. The van der Waals surface area contributed by atoms with E-state index in [0.717, 1.165) is 12.2 Å². The van der Waals surface area contributed by atoms with Crippen LogP contribution in [0.4, 0.5) is 0 Å². The summed E-state index contributed by atoms with van der Waals surface area (Å²) in [6.07, 6.45) is 3.57. The molecule has 0 atom stereocenters. The minimum atomic E-state index is -0.733. The Bertz CT molecular complexity index is 179. The van der Waals surface area contributed by atoms with Crippen molar-refractivity contribution in [1.82, 2.24) is 0 Å². The van der Waals surface area contributed by atoms with Gasteiger partial charge in [-0.15, -0.1) is 0 Å². The molecule has 0 aromatic carbocycles. The van der Waals surface area contributed by atoms with Crippen LogP contribution in [0.2, 0.25) is 0 Å². The molecule has 0 heterocycles. The molecule has 3 heteroatoms. The molecule has 54 valence electrons. The fraction of sp³-hybridized carbons (Fsp3) is 0.143. The number of allylic oxidation sites excluding steroid dienone is 1. The largest absolute Gasteiger partial charge is 0.387 e. The van der Waals surface area contributed by atoms with E-state index < -0.39 is 11.9 Å². The maximum atomic E-state index is 10.4. The van der Waals surface area contributed by atoms with Crippen LogP contribution in [-0.4, -0.2) is 11.9 Å². The molecular weight excluding hydrogens is 132 g/mol. The highest BCUT2D eigenvalue weighted by atomic mass is 16.6. The monoisotopic (exact) mass is 140 g/mol. The Kier molecular flexibility index (Phi) is 3.87. The first-order chi connectivity index (χ1) is 4.70. The van der Waals surface area contributed by atoms with Gasteiger partial charge >= 0.3 is 11.9 Å². The predicted octanol–water partition coefficient (Wildman–Crippen LogP) is 0.818. The Morgan fingerprint density at radius 3 is 2.40 bits per heavy atom. The van der Waals surface area contributed by atoms with Crippen LogP contribution in [0.25, 0.3) is 0 Å². The van der Waals surface area contributed by atoms with E-state index >= 15 is 0 Å². The molecule has 0 rings (SSSR count). The van der Waals surface area contributed by atoms with Crippen molar-refractivity contribution in [3.05, 3.63) is 24.8 Å². The number of rotatable bonds is 2. The Hall–Kier alpha value is -1.38. The molecule has 3 nitrogen and oxygen atoms in total. The van der Waals surface area contributed by atoms with E-state index in [4.69, 9.17) is 0 Å². The van der Waals surface area contributed by atoms with Gasteiger partial charge in [0.2, 0.25) is 0 Å². The quantitative estimate of drug-likeness (QED) is 0.324. The summed E-state index contributed by atoms with van der Waals surface area (Å²) in [6.45, 7) is 4.78. The third-order valence-corrected chi connectivity index (χ3v) is 0.671. The molecule has 0 spiro atoms. The Morgan fingerprint density at radius 1 is 1.40 bits per heavy atom. The molecule has 0 saturated carbocycles. The fourth-order valence-corrected chi connectivity index (χ4v) is 0.311. The lowest BCUT2D eigenvalue weighted by atomic mass is 10.5. The van der Waals surface area contributed by atoms with Crippen LogP contribution in [0, 0.1) is 0 Å². The van der Waals surface area contributed by atoms with Crippen LogP contribution in [0.15, 0.2) is 24.8 Å². The van der Waals surface area contributed by atoms with Crippen molar-refractivity contribution in [2.45, 2.75) is 6.92 Å². The minimum absolute atomic E-state index is 0.674. The van der Waals surface area contributed by atoms with Crippen molar-refractivity contribution >= 4 is 11.9 Å². The molecule has 0 fully saturated rings. The van der Waals surface area contributed by atoms with Crippen molar-refractivity contribution in [1.29, 1.82) is 0 Å². The summed E-state index contributed by atoms with van der Waals surface area (Å²) < 4.78 is 4.16. The van der Waals surface area contributed by atoms with Gasteiger partial charge in [0, 0.05) is 12.2 Å². The summed E-state index contributed by atoms with van der Waals surface area (Å²) >= 11 is 0. The highest BCUT2D eigenvalue weighted by Gasteiger charge is 2.00. The van der Waals surface area contributed by atoms with Gasteiger partial charge in [0.15, 0.2) is 0 Å². The zero-order valence-corrected chi connectivity index (χ0v) is 5.66. The summed E-state index contributed by atoms with van der Waals surface area (Å²) in [5.41, 5.74) is 0. The lowest BCUT2D eigenvalue weighted by Crippen LogP contribution is -2.06. The molecule has 0 aromatic rings. The lowest BCUT2D eigenvalue weighted by molar-refractivity contribution is -0.152. The summed E-state index contributed by atoms with van der Waals surface area (Å²) in [5, 5.41) is 0. The molecule has 0 radical (unpaired) electrons. The van der Waals surface area contributed by atoms with Crippen molar-refractivity contribution in [3.8, 4) is 0 Å². The number of carbonyl (C=O) groups is 2. The Morgan fingerprint density at radius 2 is 2.00 bits per heavy atom. The van der Waals surface area contributed by atoms with E-state index in [1.807, 2.05) is 0 Å². The van der Waals surface area contributed by atoms with Gasteiger partial charge in [-0.1, -0.05) is 12.7 Å². The van der Waals surface area contributed by atoms with Gasteiger partial charge in [-0.25, -0.2) is 9.59 Å². The second-order valence-corrected chi connectivity index (χ2v) is 1.44. The minimum Gasteiger partial charge on any atom is -0.387 e. The van der Waals surface area contributed by atoms with E-state index in [1.165, 1.54) is 6.08 Å². The normalized spacial score (nSPS) is 9.30. The molecule has 0 unspecified atom stereocenters. The van der Waals surface area contributed by atoms with E-state index in [2.05, 4.69) is 11.3 Å². The van der Waals surface area contributed by atoms with E-state index in [0.29, 0.717) is 0 Å². The zero-order chi connectivity index (χ0) is 7.98. The standard InChI is InChI=1S/C7H8O3/c1-3-5-7(9)10-6(8)4-2/h3-5H,2H2,1H3/b5-3-. The molecule has 0 aromatic heterocycles. The smallest absolute Gasteiger partial charge is 0.338 e. The van der Waals surface area contributed by atoms with Gasteiger partial charge in [0.1, 0.15) is 0 Å². The number of hydrogen-bond donors (Lipinski definition) is 0. The average Bonchev–Trinajstić information content (AvgIpc) is 1.88. The number of esters is 2. The topological polar surface area (TPSA) is 43.4 Å². The lowest BCUT2D eigenvalue weighted by Gasteiger charge is -1.91. The summed E-state index contributed by atoms with van der Waals surface area (Å²) in [7, 11) is 0. The van der Waals surface area contributed by atoms with Gasteiger partial charge in [-0.2, -0.15) is 0 Å². The summed E-state index contributed by atoms with van der Waals surface area (Å²) in [6, 6.07) is 0. The van der Waals surface area contributed by atoms with Crippen molar-refractivity contribution in [2.75, 3.05) is 0 Å². The highest BCUT2D eigenvalue weighted by molar-refractivity contribution is 5.96. The van der Waals surface area contributed by atoms with Crippen LogP contribution in [0.3, 0.4) is 0 Å². The van der Waals surface area contributed by atoms with Gasteiger partial charge in [0.05, 0.1) is 0 Å². The molecule has 10 heavy (non-hydrogen) atoms. The first-order valence-electron chi connectivity index (χ1n) is 2.71. The second-order valence-electron chi connectivity index (χ2n) is 1.44. The second kappa shape index (κ2) is 4.49. The Labute approximate surface area is 59.0 Å². The fourth-order valence-electron chi connectivity index (χ4n) is 0.311. The molecule has 0 bridgehead atoms. The SMILES string of the molecule is C=CC(=O)OC(=O)/C=C\C. The van der Waals surface area contributed by atoms with E-state index in [-0.39, 0.29) is 0 Å². The first kappa shape index (κ1) is 8.62. The van der Waals surface area contributed by atoms with E-state index in [9.17, 15) is 9.59 Å². The number of carbonyl (C=O) groups excluding carboxylic acids is 2. The summed E-state index contributed by atoms with van der Waals surface area (Å²) in [5.74, 6) is -1.41. The summed E-state index contributed by atoms with van der Waals surface area (Å²) in [4.78, 5) is 20.7. The molecule has 0 N–H and O–H groups in total. The molecule has 0 aliphatic heterocycles. The molecule has 0 saturated heterocycles. The molecular formula is C7H8O3.